The zero-order valence-electron chi connectivity index (χ0n) is 14.8. The van der Waals surface area contributed by atoms with Crippen molar-refractivity contribution in [3.8, 4) is 0 Å². The fraction of sp³-hybridized carbons (Fsp3) is 0.611. The number of unbranched alkanes of at least 4 members (excludes halogenated alkanes) is 2. The predicted molar refractivity (Wildman–Crippen MR) is 101 cm³/mol. The van der Waals surface area contributed by atoms with Crippen molar-refractivity contribution in [2.75, 3.05) is 26.1 Å². The molecule has 4 nitrogen and oxygen atoms in total. The Labute approximate surface area is 146 Å². The molecule has 0 spiro atoms. The maximum absolute atomic E-state index is 5.97. The van der Waals surface area contributed by atoms with Crippen LogP contribution in [0.4, 0.5) is 0 Å². The van der Waals surface area contributed by atoms with Crippen molar-refractivity contribution in [1.82, 2.24) is 15.1 Å². The lowest BCUT2D eigenvalue weighted by Crippen LogP contribution is -2.28. The van der Waals surface area contributed by atoms with Gasteiger partial charge in [0.1, 0.15) is 5.70 Å². The maximum Gasteiger partial charge on any atom is 0.157 e. The van der Waals surface area contributed by atoms with Gasteiger partial charge in [-0.2, -0.15) is 0 Å². The maximum atomic E-state index is 5.97. The van der Waals surface area contributed by atoms with Crippen LogP contribution < -0.4 is 5.32 Å². The van der Waals surface area contributed by atoms with Gasteiger partial charge in [0.05, 0.1) is 11.7 Å². The molecule has 1 aliphatic heterocycles. The normalized spacial score (nSPS) is 18.3. The summed E-state index contributed by atoms with van der Waals surface area (Å²) in [5.41, 5.74) is 2.08. The van der Waals surface area contributed by atoms with E-state index in [0.29, 0.717) is 11.9 Å². The molecule has 0 saturated carbocycles. The molecule has 0 amide bonds. The first-order valence-corrected chi connectivity index (χ1v) is 8.99. The molecule has 0 aromatic rings. The van der Waals surface area contributed by atoms with Crippen LogP contribution in [0.2, 0.25) is 0 Å². The van der Waals surface area contributed by atoms with Gasteiger partial charge in [-0.1, -0.05) is 39.3 Å². The molecule has 1 N–H and O–H groups in total. The fourth-order valence-electron chi connectivity index (χ4n) is 2.85. The highest BCUT2D eigenvalue weighted by molar-refractivity contribution is 6.17. The van der Waals surface area contributed by atoms with E-state index in [-0.39, 0.29) is 0 Å². The molecule has 1 heterocycles. The second-order valence-corrected chi connectivity index (χ2v) is 6.12. The van der Waals surface area contributed by atoms with Crippen molar-refractivity contribution in [3.05, 3.63) is 36.1 Å². The van der Waals surface area contributed by atoms with Crippen LogP contribution in [-0.4, -0.2) is 42.7 Å². The highest BCUT2D eigenvalue weighted by Gasteiger charge is 2.25. The van der Waals surface area contributed by atoms with Crippen molar-refractivity contribution in [2.24, 2.45) is 10.9 Å². The summed E-state index contributed by atoms with van der Waals surface area (Å²) in [4.78, 5) is 8.59. The summed E-state index contributed by atoms with van der Waals surface area (Å²) in [6.45, 7) is 14.0. The van der Waals surface area contributed by atoms with E-state index in [1.165, 1.54) is 12.8 Å². The highest BCUT2D eigenvalue weighted by atomic mass is 35.5. The molecule has 23 heavy (non-hydrogen) atoms. The summed E-state index contributed by atoms with van der Waals surface area (Å²) in [5, 5.41) is 3.27. The average molecular weight is 339 g/mol. The van der Waals surface area contributed by atoms with E-state index in [1.54, 1.807) is 0 Å². The first kappa shape index (κ1) is 19.6. The summed E-state index contributed by atoms with van der Waals surface area (Å²) >= 11 is 5.97. The Morgan fingerprint density at radius 3 is 2.74 bits per heavy atom. The Bertz CT molecular complexity index is 456. The zero-order valence-corrected chi connectivity index (χ0v) is 15.6. The summed E-state index contributed by atoms with van der Waals surface area (Å²) in [7, 11) is 2.10. The molecular weight excluding hydrogens is 308 g/mol. The lowest BCUT2D eigenvalue weighted by molar-refractivity contribution is 0.397. The minimum Gasteiger partial charge on any atom is -0.372 e. The monoisotopic (exact) mass is 338 g/mol. The van der Waals surface area contributed by atoms with E-state index in [4.69, 9.17) is 11.6 Å². The third kappa shape index (κ3) is 5.31. The SMILES string of the molecule is C=CN(CCCCC)/C(N=C)=C(/NCCl)C1=CC(CC)CN1C. The Kier molecular flexibility index (Phi) is 8.85. The van der Waals surface area contributed by atoms with Gasteiger partial charge in [0, 0.05) is 20.1 Å². The topological polar surface area (TPSA) is 30.9 Å². The number of rotatable bonds is 11. The van der Waals surface area contributed by atoms with Crippen LogP contribution in [0.15, 0.2) is 41.1 Å². The molecule has 1 unspecified atom stereocenters. The Balaban J connectivity index is 3.15. The second kappa shape index (κ2) is 10.4. The minimum absolute atomic E-state index is 0.330. The number of hydrogen-bond donors (Lipinski definition) is 1. The van der Waals surface area contributed by atoms with Crippen LogP contribution in [0.1, 0.15) is 39.5 Å². The van der Waals surface area contributed by atoms with Gasteiger partial charge in [-0.25, -0.2) is 4.99 Å². The molecular formula is C18H31ClN4. The summed E-state index contributed by atoms with van der Waals surface area (Å²) in [5.74, 6) is 1.36. The van der Waals surface area contributed by atoms with Crippen LogP contribution in [0.3, 0.4) is 0 Å². The van der Waals surface area contributed by atoms with Gasteiger partial charge in [-0.3, -0.25) is 0 Å². The Morgan fingerprint density at radius 1 is 1.52 bits per heavy atom. The number of nitrogens with one attached hydrogen (secondary N) is 1. The van der Waals surface area contributed by atoms with Crippen molar-refractivity contribution in [1.29, 1.82) is 0 Å². The highest BCUT2D eigenvalue weighted by Crippen LogP contribution is 2.28. The summed E-state index contributed by atoms with van der Waals surface area (Å²) in [6, 6.07) is 0.330. The third-order valence-corrected chi connectivity index (χ3v) is 4.34. The molecule has 0 aliphatic carbocycles. The predicted octanol–water partition coefficient (Wildman–Crippen LogP) is 4.13. The van der Waals surface area contributed by atoms with Gasteiger partial charge in [0.15, 0.2) is 5.82 Å². The smallest absolute Gasteiger partial charge is 0.157 e. The molecule has 0 saturated heterocycles. The minimum atomic E-state index is 0.330. The van der Waals surface area contributed by atoms with Gasteiger partial charge in [0.25, 0.3) is 0 Å². The molecule has 0 aromatic carbocycles. The van der Waals surface area contributed by atoms with Crippen LogP contribution in [0.25, 0.3) is 0 Å². The standard InChI is InChI=1S/C18H31ClN4/c1-6-9-10-11-23(8-3)18(20-4)17(21-14-19)16-12-15(7-2)13-22(16)5/h8,12,15,21H,3-4,6-7,9-11,13-14H2,1-2,5H3/b18-17+. The van der Waals surface area contributed by atoms with Crippen molar-refractivity contribution in [2.45, 2.75) is 39.5 Å². The Hall–Kier alpha value is -1.42. The van der Waals surface area contributed by atoms with Crippen LogP contribution in [-0.2, 0) is 0 Å². The number of nitrogens with zero attached hydrogens (tertiary/aromatic N) is 3. The number of halogens is 1. The molecule has 0 bridgehead atoms. The quantitative estimate of drug-likeness (QED) is 0.266. The van der Waals surface area contributed by atoms with Gasteiger partial charge in [-0.15, -0.1) is 11.6 Å². The molecule has 0 radical (unpaired) electrons. The largest absolute Gasteiger partial charge is 0.372 e. The first-order chi connectivity index (χ1) is 11.1. The molecule has 1 aliphatic rings. The third-order valence-electron chi connectivity index (χ3n) is 4.21. The lowest BCUT2D eigenvalue weighted by atomic mass is 10.1. The van der Waals surface area contributed by atoms with Crippen LogP contribution in [0, 0.1) is 5.92 Å². The average Bonchev–Trinajstić information content (AvgIpc) is 2.93. The van der Waals surface area contributed by atoms with Crippen molar-refractivity contribution < 1.29 is 0 Å². The van der Waals surface area contributed by atoms with Gasteiger partial charge in [0.2, 0.25) is 0 Å². The molecule has 0 fully saturated rings. The van der Waals surface area contributed by atoms with E-state index < -0.39 is 0 Å². The van der Waals surface area contributed by atoms with Crippen molar-refractivity contribution in [3.63, 3.8) is 0 Å². The van der Waals surface area contributed by atoms with Crippen molar-refractivity contribution >= 4 is 18.3 Å². The van der Waals surface area contributed by atoms with Crippen LogP contribution in [0.5, 0.6) is 0 Å². The number of hydrogen-bond acceptors (Lipinski definition) is 4. The van der Waals surface area contributed by atoms with Gasteiger partial charge in [-0.05, 0) is 31.7 Å². The van der Waals surface area contributed by atoms with Gasteiger partial charge >= 0.3 is 0 Å². The number of alkyl halides is 1. The molecule has 1 atom stereocenters. The molecule has 5 heteroatoms. The molecule has 1 rings (SSSR count). The lowest BCUT2D eigenvalue weighted by Gasteiger charge is -2.27. The van der Waals surface area contributed by atoms with E-state index in [9.17, 15) is 0 Å². The second-order valence-electron chi connectivity index (χ2n) is 5.85. The van der Waals surface area contributed by atoms with Gasteiger partial charge < -0.3 is 15.1 Å². The summed E-state index contributed by atoms with van der Waals surface area (Å²) < 4.78 is 0. The van der Waals surface area contributed by atoms with Crippen LogP contribution >= 0.6 is 11.6 Å². The molecule has 130 valence electrons. The molecule has 0 aromatic heterocycles. The van der Waals surface area contributed by atoms with E-state index in [2.05, 4.69) is 60.4 Å². The summed E-state index contributed by atoms with van der Waals surface area (Å²) in [6.07, 6.45) is 8.72. The first-order valence-electron chi connectivity index (χ1n) is 8.46. The number of aliphatic imine (C=N–C) groups is 1. The van der Waals surface area contributed by atoms with E-state index in [1.807, 2.05) is 6.20 Å². The van der Waals surface area contributed by atoms with E-state index >= 15 is 0 Å². The van der Waals surface area contributed by atoms with E-state index in [0.717, 1.165) is 43.1 Å². The number of likely N-dealkylation sites (N-methyl/N-ethyl adjacent to an activating group) is 1. The fourth-order valence-corrected chi connectivity index (χ4v) is 2.99. The zero-order chi connectivity index (χ0) is 17.2. The Morgan fingerprint density at radius 2 is 2.26 bits per heavy atom.